The van der Waals surface area contributed by atoms with E-state index in [1.165, 1.54) is 38.6 Å². The topological polar surface area (TPSA) is 38.7 Å². The molecule has 0 aromatic rings. The third kappa shape index (κ3) is 5.20. The summed E-state index contributed by atoms with van der Waals surface area (Å²) in [5, 5.41) is 13.7. The summed E-state index contributed by atoms with van der Waals surface area (Å²) in [5.74, 6) is 0. The first-order chi connectivity index (χ1) is 10.1. The van der Waals surface area contributed by atoms with Crippen molar-refractivity contribution in [2.75, 3.05) is 40.3 Å². The van der Waals surface area contributed by atoms with Crippen LogP contribution in [0.2, 0.25) is 0 Å². The highest BCUT2D eigenvalue weighted by Gasteiger charge is 2.41. The lowest BCUT2D eigenvalue weighted by Gasteiger charge is -2.45. The van der Waals surface area contributed by atoms with Gasteiger partial charge < -0.3 is 15.3 Å². The van der Waals surface area contributed by atoms with Crippen LogP contribution in [0.5, 0.6) is 0 Å². The molecule has 2 atom stereocenters. The smallest absolute Gasteiger partial charge is 0.0613 e. The summed E-state index contributed by atoms with van der Waals surface area (Å²) in [6, 6.07) is 1.31. The lowest BCUT2D eigenvalue weighted by Crippen LogP contribution is -2.57. The first-order valence-electron chi connectivity index (χ1n) is 8.86. The molecule has 0 aromatic heterocycles. The van der Waals surface area contributed by atoms with E-state index in [4.69, 9.17) is 0 Å². The summed E-state index contributed by atoms with van der Waals surface area (Å²) in [6.07, 6.45) is 8.61. The summed E-state index contributed by atoms with van der Waals surface area (Å²) in [5.41, 5.74) is -0.00576. The van der Waals surface area contributed by atoms with Gasteiger partial charge in [-0.25, -0.2) is 0 Å². The molecule has 2 unspecified atom stereocenters. The largest absolute Gasteiger partial charge is 0.394 e. The van der Waals surface area contributed by atoms with Gasteiger partial charge in [0, 0.05) is 30.7 Å². The minimum absolute atomic E-state index is 0.00576. The van der Waals surface area contributed by atoms with Gasteiger partial charge in [-0.05, 0) is 65.6 Å². The van der Waals surface area contributed by atoms with Crippen LogP contribution in [0.3, 0.4) is 0 Å². The highest BCUT2D eigenvalue weighted by Crippen LogP contribution is 2.34. The van der Waals surface area contributed by atoms with E-state index in [1.807, 2.05) is 0 Å². The minimum atomic E-state index is -0.00576. The van der Waals surface area contributed by atoms with Crippen molar-refractivity contribution in [3.8, 4) is 0 Å². The Bertz CT molecular complexity index is 306. The standard InChI is InChI=1S/C17H35N3O/c1-4-10-20(12-11-19(2)3)16-6-5-9-17(13-16,14-21)18-15-7-8-15/h15-16,18,21H,4-14H2,1-3H3. The third-order valence-electron chi connectivity index (χ3n) is 5.07. The van der Waals surface area contributed by atoms with E-state index in [0.717, 1.165) is 25.9 Å². The van der Waals surface area contributed by atoms with Crippen molar-refractivity contribution in [2.24, 2.45) is 0 Å². The Morgan fingerprint density at radius 1 is 1.14 bits per heavy atom. The van der Waals surface area contributed by atoms with Gasteiger partial charge in [0.2, 0.25) is 0 Å². The van der Waals surface area contributed by atoms with Gasteiger partial charge in [0.1, 0.15) is 0 Å². The molecule has 0 spiro atoms. The molecular weight excluding hydrogens is 262 g/mol. The maximum Gasteiger partial charge on any atom is 0.0613 e. The fraction of sp³-hybridized carbons (Fsp3) is 1.00. The molecule has 2 rings (SSSR count). The quantitative estimate of drug-likeness (QED) is 0.679. The average molecular weight is 297 g/mol. The van der Waals surface area contributed by atoms with Crippen LogP contribution >= 0.6 is 0 Å². The molecule has 2 N–H and O–H groups in total. The molecule has 2 saturated carbocycles. The van der Waals surface area contributed by atoms with Gasteiger partial charge in [0.05, 0.1) is 6.61 Å². The van der Waals surface area contributed by atoms with E-state index < -0.39 is 0 Å². The number of hydrogen-bond acceptors (Lipinski definition) is 4. The Balaban J connectivity index is 1.94. The monoisotopic (exact) mass is 297 g/mol. The Morgan fingerprint density at radius 3 is 2.48 bits per heavy atom. The Morgan fingerprint density at radius 2 is 1.90 bits per heavy atom. The predicted molar refractivity (Wildman–Crippen MR) is 88.6 cm³/mol. The summed E-state index contributed by atoms with van der Waals surface area (Å²) in [6.45, 7) is 6.03. The van der Waals surface area contributed by atoms with Gasteiger partial charge >= 0.3 is 0 Å². The third-order valence-corrected chi connectivity index (χ3v) is 5.07. The van der Waals surface area contributed by atoms with Crippen molar-refractivity contribution in [1.29, 1.82) is 0 Å². The van der Waals surface area contributed by atoms with Crippen LogP contribution < -0.4 is 5.32 Å². The zero-order valence-corrected chi connectivity index (χ0v) is 14.3. The molecule has 0 heterocycles. The maximum absolute atomic E-state index is 9.98. The number of hydrogen-bond donors (Lipinski definition) is 2. The van der Waals surface area contributed by atoms with Crippen molar-refractivity contribution in [3.63, 3.8) is 0 Å². The zero-order valence-electron chi connectivity index (χ0n) is 14.3. The molecule has 0 radical (unpaired) electrons. The van der Waals surface area contributed by atoms with Crippen molar-refractivity contribution < 1.29 is 5.11 Å². The Labute approximate surface area is 130 Å². The van der Waals surface area contributed by atoms with Gasteiger partial charge in [0.25, 0.3) is 0 Å². The fourth-order valence-electron chi connectivity index (χ4n) is 3.72. The molecule has 0 amide bonds. The zero-order chi connectivity index (χ0) is 15.3. The number of nitrogens with zero attached hydrogens (tertiary/aromatic N) is 2. The van der Waals surface area contributed by atoms with Crippen LogP contribution in [-0.2, 0) is 0 Å². The van der Waals surface area contributed by atoms with E-state index in [0.29, 0.717) is 18.7 Å². The van der Waals surface area contributed by atoms with Crippen LogP contribution in [0.15, 0.2) is 0 Å². The summed E-state index contributed by atoms with van der Waals surface area (Å²) in [4.78, 5) is 4.94. The second kappa shape index (κ2) is 7.91. The van der Waals surface area contributed by atoms with Gasteiger partial charge in [-0.3, -0.25) is 4.90 Å². The molecule has 4 nitrogen and oxygen atoms in total. The fourth-order valence-corrected chi connectivity index (χ4v) is 3.72. The molecule has 2 fully saturated rings. The molecule has 124 valence electrons. The first-order valence-corrected chi connectivity index (χ1v) is 8.86. The molecule has 21 heavy (non-hydrogen) atoms. The second-order valence-corrected chi connectivity index (χ2v) is 7.45. The van der Waals surface area contributed by atoms with Crippen LogP contribution in [-0.4, -0.2) is 72.9 Å². The number of rotatable bonds is 9. The maximum atomic E-state index is 9.98. The summed E-state index contributed by atoms with van der Waals surface area (Å²) >= 11 is 0. The van der Waals surface area contributed by atoms with E-state index in [9.17, 15) is 5.11 Å². The normalized spacial score (nSPS) is 30.3. The van der Waals surface area contributed by atoms with Gasteiger partial charge in [-0.15, -0.1) is 0 Å². The minimum Gasteiger partial charge on any atom is -0.394 e. The van der Waals surface area contributed by atoms with Gasteiger partial charge in [-0.2, -0.15) is 0 Å². The highest BCUT2D eigenvalue weighted by molar-refractivity contribution is 5.00. The van der Waals surface area contributed by atoms with Crippen molar-refractivity contribution >= 4 is 0 Å². The number of likely N-dealkylation sites (N-methyl/N-ethyl adjacent to an activating group) is 1. The van der Waals surface area contributed by atoms with Crippen molar-refractivity contribution in [1.82, 2.24) is 15.1 Å². The number of nitrogens with one attached hydrogen (secondary N) is 1. The number of aliphatic hydroxyl groups excluding tert-OH is 1. The average Bonchev–Trinajstić information content (AvgIpc) is 3.27. The van der Waals surface area contributed by atoms with Crippen LogP contribution in [0, 0.1) is 0 Å². The van der Waals surface area contributed by atoms with Crippen LogP contribution in [0.1, 0.15) is 51.9 Å². The lowest BCUT2D eigenvalue weighted by atomic mass is 9.78. The number of aliphatic hydroxyl groups is 1. The predicted octanol–water partition coefficient (Wildman–Crippen LogP) is 1.69. The van der Waals surface area contributed by atoms with E-state index in [-0.39, 0.29) is 5.54 Å². The molecule has 0 saturated heterocycles. The summed E-state index contributed by atoms with van der Waals surface area (Å²) in [7, 11) is 4.30. The van der Waals surface area contributed by atoms with Gasteiger partial charge in [-0.1, -0.05) is 6.92 Å². The molecule has 0 aliphatic heterocycles. The first kappa shape index (κ1) is 17.2. The molecule has 0 bridgehead atoms. The van der Waals surface area contributed by atoms with E-state index >= 15 is 0 Å². The van der Waals surface area contributed by atoms with Crippen molar-refractivity contribution in [2.45, 2.75) is 69.5 Å². The van der Waals surface area contributed by atoms with Crippen molar-refractivity contribution in [3.05, 3.63) is 0 Å². The molecule has 2 aliphatic rings. The molecule has 2 aliphatic carbocycles. The van der Waals surface area contributed by atoms with Crippen LogP contribution in [0.4, 0.5) is 0 Å². The second-order valence-electron chi connectivity index (χ2n) is 7.45. The molecular formula is C17H35N3O. The van der Waals surface area contributed by atoms with E-state index in [1.54, 1.807) is 0 Å². The Hall–Kier alpha value is -0.160. The van der Waals surface area contributed by atoms with Crippen LogP contribution in [0.25, 0.3) is 0 Å². The molecule has 0 aromatic carbocycles. The van der Waals surface area contributed by atoms with Gasteiger partial charge in [0.15, 0.2) is 0 Å². The summed E-state index contributed by atoms with van der Waals surface area (Å²) < 4.78 is 0. The van der Waals surface area contributed by atoms with E-state index in [2.05, 4.69) is 36.1 Å². The Kier molecular flexibility index (Phi) is 6.48. The lowest BCUT2D eigenvalue weighted by molar-refractivity contribution is 0.0551. The highest BCUT2D eigenvalue weighted by atomic mass is 16.3. The SMILES string of the molecule is CCCN(CCN(C)C)C1CCCC(CO)(NC2CC2)C1. The molecule has 4 heteroatoms.